The van der Waals surface area contributed by atoms with Gasteiger partial charge >= 0.3 is 5.97 Å². The third-order valence-electron chi connectivity index (χ3n) is 2.45. The van der Waals surface area contributed by atoms with Crippen LogP contribution in [-0.2, 0) is 9.53 Å². The summed E-state index contributed by atoms with van der Waals surface area (Å²) >= 11 is 3.10. The van der Waals surface area contributed by atoms with Gasteiger partial charge in [-0.05, 0) is 43.7 Å². The zero-order valence-corrected chi connectivity index (χ0v) is 14.3. The van der Waals surface area contributed by atoms with Crippen molar-refractivity contribution in [2.75, 3.05) is 19.1 Å². The Bertz CT molecular complexity index is 592. The number of thioether (sulfide) groups is 2. The van der Waals surface area contributed by atoms with Crippen LogP contribution in [0.4, 0.5) is 0 Å². The summed E-state index contributed by atoms with van der Waals surface area (Å²) in [6, 6.07) is 1.84. The van der Waals surface area contributed by atoms with Crippen molar-refractivity contribution >= 4 is 33.9 Å². The second kappa shape index (κ2) is 9.92. The lowest BCUT2D eigenvalue weighted by molar-refractivity contribution is -0.138. The number of esters is 1. The molecule has 0 atom stereocenters. The van der Waals surface area contributed by atoms with Crippen molar-refractivity contribution in [3.63, 3.8) is 0 Å². The van der Waals surface area contributed by atoms with Gasteiger partial charge < -0.3 is 4.74 Å². The molecule has 7 heteroatoms. The topological polar surface area (TPSA) is 65.7 Å². The van der Waals surface area contributed by atoms with Crippen LogP contribution in [0.15, 0.2) is 53.0 Å². The van der Waals surface area contributed by atoms with Gasteiger partial charge in [0.25, 0.3) is 0 Å². The molecule has 0 bridgehead atoms. The van der Waals surface area contributed by atoms with Crippen molar-refractivity contribution in [2.45, 2.75) is 6.92 Å². The first-order valence-corrected chi connectivity index (χ1v) is 8.91. The monoisotopic (exact) mass is 335 g/mol. The van der Waals surface area contributed by atoms with E-state index in [1.54, 1.807) is 41.5 Å². The molecule has 0 aromatic heterocycles. The number of carbonyl (C=O) groups is 1. The summed E-state index contributed by atoms with van der Waals surface area (Å²) in [5.41, 5.74) is 0.705. The zero-order valence-electron chi connectivity index (χ0n) is 12.6. The number of nitriles is 1. The molecule has 1 aliphatic rings. The van der Waals surface area contributed by atoms with Crippen molar-refractivity contribution in [3.8, 4) is 6.07 Å². The maximum absolute atomic E-state index is 11.6. The minimum absolute atomic E-state index is 0.0452. The minimum Gasteiger partial charge on any atom is -0.462 e. The molecule has 0 aromatic carbocycles. The average Bonchev–Trinajstić information content (AvgIpc) is 2.54. The Morgan fingerprint density at radius 1 is 1.45 bits per heavy atom. The highest BCUT2D eigenvalue weighted by atomic mass is 32.2. The number of allylic oxidation sites excluding steroid dienone is 5. The molecule has 1 rings (SSSR count). The first-order valence-electron chi connectivity index (χ1n) is 6.46. The van der Waals surface area contributed by atoms with Crippen molar-refractivity contribution < 1.29 is 9.53 Å². The van der Waals surface area contributed by atoms with E-state index < -0.39 is 5.97 Å². The second-order valence-electron chi connectivity index (χ2n) is 3.82. The van der Waals surface area contributed by atoms with Crippen LogP contribution in [0, 0.1) is 11.3 Å². The van der Waals surface area contributed by atoms with Gasteiger partial charge in [-0.2, -0.15) is 10.4 Å². The van der Waals surface area contributed by atoms with Gasteiger partial charge in [-0.3, -0.25) is 0 Å². The number of nitrogens with zero attached hydrogens (tertiary/aromatic N) is 3. The Hall–Kier alpha value is -1.91. The fourth-order valence-corrected chi connectivity index (χ4v) is 2.46. The summed E-state index contributed by atoms with van der Waals surface area (Å²) in [7, 11) is 0. The highest BCUT2D eigenvalue weighted by Crippen LogP contribution is 2.18. The van der Waals surface area contributed by atoms with Crippen LogP contribution < -0.4 is 0 Å². The number of rotatable bonds is 4. The van der Waals surface area contributed by atoms with Gasteiger partial charge in [0.2, 0.25) is 0 Å². The SMILES string of the molecule is CCOC(=O)/C(C#N)=C/C=C1\C=CC=CN1N=C(SC)SC. The lowest BCUT2D eigenvalue weighted by Gasteiger charge is -2.18. The van der Waals surface area contributed by atoms with E-state index in [4.69, 9.17) is 10.00 Å². The summed E-state index contributed by atoms with van der Waals surface area (Å²) in [6.45, 7) is 1.93. The number of hydrazone groups is 1. The molecule has 0 aromatic rings. The lowest BCUT2D eigenvalue weighted by atomic mass is 10.2. The van der Waals surface area contributed by atoms with E-state index >= 15 is 0 Å². The summed E-state index contributed by atoms with van der Waals surface area (Å²) in [6.07, 6.45) is 14.4. The molecular formula is C15H17N3O2S2. The maximum Gasteiger partial charge on any atom is 0.348 e. The second-order valence-corrected chi connectivity index (χ2v) is 5.67. The van der Waals surface area contributed by atoms with E-state index in [0.29, 0.717) is 0 Å². The summed E-state index contributed by atoms with van der Waals surface area (Å²) < 4.78 is 5.73. The van der Waals surface area contributed by atoms with E-state index in [2.05, 4.69) is 5.10 Å². The first-order chi connectivity index (χ1) is 10.7. The van der Waals surface area contributed by atoms with Crippen LogP contribution in [0.5, 0.6) is 0 Å². The number of hydrogen-bond donors (Lipinski definition) is 0. The molecule has 1 heterocycles. The van der Waals surface area contributed by atoms with Gasteiger partial charge in [-0.25, -0.2) is 9.80 Å². The van der Waals surface area contributed by atoms with E-state index in [1.807, 2.05) is 43.0 Å². The Balaban J connectivity index is 3.03. The molecule has 0 unspecified atom stereocenters. The Labute approximate surface area is 139 Å². The van der Waals surface area contributed by atoms with Gasteiger partial charge in [0.15, 0.2) is 0 Å². The minimum atomic E-state index is -0.624. The molecular weight excluding hydrogens is 318 g/mol. The standard InChI is InChI=1S/C15H17N3O2S2/c1-4-20-14(19)12(11-16)8-9-13-7-5-6-10-18(13)17-15(21-2)22-3/h5-10H,4H2,1-3H3/b12-8+,13-9+. The zero-order chi connectivity index (χ0) is 16.4. The van der Waals surface area contributed by atoms with Crippen LogP contribution in [0.3, 0.4) is 0 Å². The highest BCUT2D eigenvalue weighted by Gasteiger charge is 2.10. The van der Waals surface area contributed by atoms with Crippen LogP contribution in [0.1, 0.15) is 6.92 Å². The molecule has 1 aliphatic heterocycles. The molecule has 0 fully saturated rings. The van der Waals surface area contributed by atoms with Crippen LogP contribution in [0.2, 0.25) is 0 Å². The summed E-state index contributed by atoms with van der Waals surface area (Å²) in [4.78, 5) is 11.6. The van der Waals surface area contributed by atoms with E-state index in [1.165, 1.54) is 6.08 Å². The van der Waals surface area contributed by atoms with Crippen molar-refractivity contribution in [3.05, 3.63) is 47.9 Å². The largest absolute Gasteiger partial charge is 0.462 e. The normalized spacial score (nSPS) is 15.6. The number of ether oxygens (including phenoxy) is 1. The molecule has 0 N–H and O–H groups in total. The molecule has 0 amide bonds. The predicted molar refractivity (Wildman–Crippen MR) is 93.0 cm³/mol. The lowest BCUT2D eigenvalue weighted by Crippen LogP contribution is -2.12. The van der Waals surface area contributed by atoms with Gasteiger partial charge in [0.05, 0.1) is 12.3 Å². The van der Waals surface area contributed by atoms with Crippen LogP contribution >= 0.6 is 23.5 Å². The van der Waals surface area contributed by atoms with Crippen LogP contribution in [0.25, 0.3) is 0 Å². The summed E-state index contributed by atoms with van der Waals surface area (Å²) in [5.74, 6) is -0.624. The smallest absolute Gasteiger partial charge is 0.348 e. The van der Waals surface area contributed by atoms with Gasteiger partial charge in [-0.15, -0.1) is 23.5 Å². The third-order valence-corrected chi connectivity index (χ3v) is 4.31. The van der Waals surface area contributed by atoms with Gasteiger partial charge in [0, 0.05) is 6.20 Å². The molecule has 0 spiro atoms. The Morgan fingerprint density at radius 3 is 2.77 bits per heavy atom. The van der Waals surface area contributed by atoms with E-state index in [-0.39, 0.29) is 12.2 Å². The fraction of sp³-hybridized carbons (Fsp3) is 0.267. The fourth-order valence-electron chi connectivity index (χ4n) is 1.45. The van der Waals surface area contributed by atoms with Gasteiger partial charge in [0.1, 0.15) is 16.0 Å². The number of carbonyl (C=O) groups excluding carboxylic acids is 1. The Kier molecular flexibility index (Phi) is 8.18. The van der Waals surface area contributed by atoms with E-state index in [9.17, 15) is 4.79 Å². The molecule has 0 saturated carbocycles. The Morgan fingerprint density at radius 2 is 2.18 bits per heavy atom. The molecule has 116 valence electrons. The molecule has 0 saturated heterocycles. The number of hydrogen-bond acceptors (Lipinski definition) is 7. The maximum atomic E-state index is 11.6. The molecule has 5 nitrogen and oxygen atoms in total. The van der Waals surface area contributed by atoms with Crippen LogP contribution in [-0.4, -0.2) is 34.5 Å². The average molecular weight is 335 g/mol. The van der Waals surface area contributed by atoms with Gasteiger partial charge in [-0.1, -0.05) is 6.08 Å². The molecule has 22 heavy (non-hydrogen) atoms. The molecule has 0 radical (unpaired) electrons. The van der Waals surface area contributed by atoms with Crippen molar-refractivity contribution in [1.29, 1.82) is 5.26 Å². The third kappa shape index (κ3) is 5.47. The van der Waals surface area contributed by atoms with E-state index in [0.717, 1.165) is 10.1 Å². The molecule has 0 aliphatic carbocycles. The first kappa shape index (κ1) is 18.1. The quantitative estimate of drug-likeness (QED) is 0.258. The highest BCUT2D eigenvalue weighted by molar-refractivity contribution is 8.38. The summed E-state index contributed by atoms with van der Waals surface area (Å²) in [5, 5.41) is 15.2. The van der Waals surface area contributed by atoms with Crippen molar-refractivity contribution in [2.24, 2.45) is 5.10 Å². The van der Waals surface area contributed by atoms with Crippen molar-refractivity contribution in [1.82, 2.24) is 5.01 Å². The predicted octanol–water partition coefficient (Wildman–Crippen LogP) is 3.27.